The quantitative estimate of drug-likeness (QED) is 0.728. The van der Waals surface area contributed by atoms with Crippen molar-refractivity contribution in [3.63, 3.8) is 0 Å². The Labute approximate surface area is 166 Å². The Balaban J connectivity index is 1.85. The molecule has 28 heavy (non-hydrogen) atoms. The Morgan fingerprint density at radius 3 is 2.07 bits per heavy atom. The van der Waals surface area contributed by atoms with Crippen LogP contribution in [0.25, 0.3) is 0 Å². The topological polar surface area (TPSA) is 73.9 Å². The van der Waals surface area contributed by atoms with Crippen molar-refractivity contribution in [2.75, 3.05) is 27.9 Å². The van der Waals surface area contributed by atoms with Gasteiger partial charge in [0.05, 0.1) is 21.3 Å². The lowest BCUT2D eigenvalue weighted by molar-refractivity contribution is 0.385. The first-order valence-electron chi connectivity index (χ1n) is 9.30. The summed E-state index contributed by atoms with van der Waals surface area (Å²) < 4.78 is 44.5. The Bertz CT molecular complexity index is 903. The van der Waals surface area contributed by atoms with E-state index in [0.717, 1.165) is 37.0 Å². The fourth-order valence-electron chi connectivity index (χ4n) is 3.87. The number of ether oxygens (including phenoxy) is 3. The molecule has 1 fully saturated rings. The molecule has 0 atom stereocenters. The predicted molar refractivity (Wildman–Crippen MR) is 108 cm³/mol. The largest absolute Gasteiger partial charge is 0.497 e. The molecule has 0 heterocycles. The van der Waals surface area contributed by atoms with Crippen LogP contribution >= 0.6 is 0 Å². The molecule has 1 aliphatic carbocycles. The van der Waals surface area contributed by atoms with Crippen LogP contribution in [0.3, 0.4) is 0 Å². The van der Waals surface area contributed by atoms with Crippen LogP contribution in [0.4, 0.5) is 0 Å². The SMILES string of the molecule is COc1ccc(C2(CNS(=O)(=O)c3ccc(OC)cc3OC)CCCC2)cc1. The Morgan fingerprint density at radius 1 is 0.893 bits per heavy atom. The van der Waals surface area contributed by atoms with Crippen LogP contribution < -0.4 is 18.9 Å². The second-order valence-corrected chi connectivity index (χ2v) is 8.79. The third-order valence-electron chi connectivity index (χ3n) is 5.52. The molecule has 3 rings (SSSR count). The van der Waals surface area contributed by atoms with E-state index in [9.17, 15) is 8.42 Å². The van der Waals surface area contributed by atoms with Crippen LogP contribution in [0.2, 0.25) is 0 Å². The monoisotopic (exact) mass is 405 g/mol. The highest BCUT2D eigenvalue weighted by atomic mass is 32.2. The van der Waals surface area contributed by atoms with Gasteiger partial charge in [0, 0.05) is 18.0 Å². The molecule has 0 amide bonds. The lowest BCUT2D eigenvalue weighted by atomic mass is 9.79. The summed E-state index contributed by atoms with van der Waals surface area (Å²) in [6, 6.07) is 12.6. The van der Waals surface area contributed by atoms with Crippen molar-refractivity contribution in [1.82, 2.24) is 4.72 Å². The van der Waals surface area contributed by atoms with Gasteiger partial charge < -0.3 is 14.2 Å². The smallest absolute Gasteiger partial charge is 0.244 e. The number of methoxy groups -OCH3 is 3. The van der Waals surface area contributed by atoms with E-state index in [1.807, 2.05) is 24.3 Å². The third kappa shape index (κ3) is 4.10. The zero-order chi connectivity index (χ0) is 20.2. The number of hydrogen-bond donors (Lipinski definition) is 1. The lowest BCUT2D eigenvalue weighted by Gasteiger charge is -2.30. The zero-order valence-corrected chi connectivity index (χ0v) is 17.3. The second-order valence-electron chi connectivity index (χ2n) is 7.06. The summed E-state index contributed by atoms with van der Waals surface area (Å²) >= 11 is 0. The van der Waals surface area contributed by atoms with Gasteiger partial charge in [-0.25, -0.2) is 13.1 Å². The molecule has 2 aromatic carbocycles. The number of nitrogens with one attached hydrogen (secondary N) is 1. The number of sulfonamides is 1. The Hall–Kier alpha value is -2.25. The van der Waals surface area contributed by atoms with Gasteiger partial charge in [-0.2, -0.15) is 0 Å². The highest BCUT2D eigenvalue weighted by Crippen LogP contribution is 2.41. The van der Waals surface area contributed by atoms with Crippen LogP contribution in [0.1, 0.15) is 31.2 Å². The molecule has 2 aromatic rings. The second kappa shape index (κ2) is 8.41. The lowest BCUT2D eigenvalue weighted by Crippen LogP contribution is -2.39. The normalized spacial score (nSPS) is 16.0. The number of rotatable bonds is 8. The average Bonchev–Trinajstić information content (AvgIpc) is 3.22. The molecule has 0 radical (unpaired) electrons. The molecule has 0 saturated heterocycles. The van der Waals surface area contributed by atoms with Crippen molar-refractivity contribution in [2.24, 2.45) is 0 Å². The van der Waals surface area contributed by atoms with Crippen LogP contribution in [0.5, 0.6) is 17.2 Å². The van der Waals surface area contributed by atoms with Gasteiger partial charge in [0.2, 0.25) is 10.0 Å². The van der Waals surface area contributed by atoms with E-state index in [1.54, 1.807) is 19.2 Å². The van der Waals surface area contributed by atoms with Gasteiger partial charge in [-0.3, -0.25) is 0 Å². The van der Waals surface area contributed by atoms with Gasteiger partial charge in [0.15, 0.2) is 0 Å². The van der Waals surface area contributed by atoms with E-state index in [2.05, 4.69) is 4.72 Å². The van der Waals surface area contributed by atoms with Gasteiger partial charge in [-0.15, -0.1) is 0 Å². The minimum atomic E-state index is -3.73. The van der Waals surface area contributed by atoms with Crippen LogP contribution in [0, 0.1) is 0 Å². The van der Waals surface area contributed by atoms with Crippen molar-refractivity contribution in [3.8, 4) is 17.2 Å². The zero-order valence-electron chi connectivity index (χ0n) is 16.5. The van der Waals surface area contributed by atoms with Crippen molar-refractivity contribution in [3.05, 3.63) is 48.0 Å². The first-order valence-corrected chi connectivity index (χ1v) is 10.8. The molecule has 0 aliphatic heterocycles. The predicted octanol–water partition coefficient (Wildman–Crippen LogP) is 3.50. The van der Waals surface area contributed by atoms with E-state index in [1.165, 1.54) is 20.3 Å². The average molecular weight is 406 g/mol. The maximum absolute atomic E-state index is 13.0. The molecular weight excluding hydrogens is 378 g/mol. The molecule has 0 spiro atoms. The van der Waals surface area contributed by atoms with E-state index < -0.39 is 10.0 Å². The Morgan fingerprint density at radius 2 is 1.50 bits per heavy atom. The van der Waals surface area contributed by atoms with Crippen molar-refractivity contribution in [2.45, 2.75) is 36.0 Å². The first kappa shape index (κ1) is 20.5. The summed E-state index contributed by atoms with van der Waals surface area (Å²) in [5.74, 6) is 1.60. The van der Waals surface area contributed by atoms with Gasteiger partial charge in [-0.1, -0.05) is 25.0 Å². The molecule has 1 aliphatic rings. The fourth-order valence-corrected chi connectivity index (χ4v) is 5.15. The van der Waals surface area contributed by atoms with E-state index in [4.69, 9.17) is 14.2 Å². The van der Waals surface area contributed by atoms with Gasteiger partial charge in [0.1, 0.15) is 22.1 Å². The van der Waals surface area contributed by atoms with E-state index in [0.29, 0.717) is 12.3 Å². The fraction of sp³-hybridized carbons (Fsp3) is 0.429. The van der Waals surface area contributed by atoms with Crippen LogP contribution in [-0.4, -0.2) is 36.3 Å². The summed E-state index contributed by atoms with van der Waals surface area (Å²) in [4.78, 5) is 0.110. The minimum absolute atomic E-state index is 0.110. The maximum Gasteiger partial charge on any atom is 0.244 e. The van der Waals surface area contributed by atoms with Gasteiger partial charge in [-0.05, 0) is 42.7 Å². The molecule has 6 nitrogen and oxygen atoms in total. The third-order valence-corrected chi connectivity index (χ3v) is 6.96. The summed E-state index contributed by atoms with van der Waals surface area (Å²) in [6.07, 6.45) is 4.06. The highest BCUT2D eigenvalue weighted by molar-refractivity contribution is 7.89. The van der Waals surface area contributed by atoms with Gasteiger partial charge >= 0.3 is 0 Å². The van der Waals surface area contributed by atoms with Crippen molar-refractivity contribution < 1.29 is 22.6 Å². The molecule has 7 heteroatoms. The van der Waals surface area contributed by atoms with E-state index in [-0.39, 0.29) is 16.1 Å². The molecule has 0 bridgehead atoms. The standard InChI is InChI=1S/C21H27NO5S/c1-25-17-8-6-16(7-9-17)21(12-4-5-13-21)15-22-28(23,24)20-11-10-18(26-2)14-19(20)27-3/h6-11,14,22H,4-5,12-13,15H2,1-3H3. The summed E-state index contributed by atoms with van der Waals surface area (Å²) in [6.45, 7) is 0.344. The molecule has 0 unspecified atom stereocenters. The van der Waals surface area contributed by atoms with E-state index >= 15 is 0 Å². The summed E-state index contributed by atoms with van der Waals surface area (Å²) in [5.41, 5.74) is 0.925. The summed E-state index contributed by atoms with van der Waals surface area (Å²) in [7, 11) is 0.882. The number of hydrogen-bond acceptors (Lipinski definition) is 5. The van der Waals surface area contributed by atoms with Crippen molar-refractivity contribution >= 4 is 10.0 Å². The molecular formula is C21H27NO5S. The highest BCUT2D eigenvalue weighted by Gasteiger charge is 2.37. The maximum atomic E-state index is 13.0. The van der Waals surface area contributed by atoms with Crippen molar-refractivity contribution in [1.29, 1.82) is 0 Å². The Kier molecular flexibility index (Phi) is 6.15. The molecule has 1 N–H and O–H groups in total. The molecule has 1 saturated carbocycles. The molecule has 0 aromatic heterocycles. The van der Waals surface area contributed by atoms with Crippen LogP contribution in [0.15, 0.2) is 47.4 Å². The van der Waals surface area contributed by atoms with Crippen LogP contribution in [-0.2, 0) is 15.4 Å². The summed E-state index contributed by atoms with van der Waals surface area (Å²) in [5, 5.41) is 0. The minimum Gasteiger partial charge on any atom is -0.497 e. The van der Waals surface area contributed by atoms with Gasteiger partial charge in [0.25, 0.3) is 0 Å². The molecule has 152 valence electrons. The number of benzene rings is 2. The first-order chi connectivity index (χ1) is 13.4.